The van der Waals surface area contributed by atoms with E-state index in [4.69, 9.17) is 18.6 Å². The summed E-state index contributed by atoms with van der Waals surface area (Å²) in [6.45, 7) is 16.7. The highest BCUT2D eigenvalue weighted by molar-refractivity contribution is 6.62. The predicted molar refractivity (Wildman–Crippen MR) is 184 cm³/mol. The highest BCUT2D eigenvalue weighted by Crippen LogP contribution is 2.44. The summed E-state index contributed by atoms with van der Waals surface area (Å²) in [6, 6.07) is 34.8. The second-order valence-electron chi connectivity index (χ2n) is 14.3. The molecule has 6 heteroatoms. The van der Waals surface area contributed by atoms with Gasteiger partial charge in [-0.3, -0.25) is 0 Å². The highest BCUT2D eigenvalue weighted by Gasteiger charge is 2.52. The van der Waals surface area contributed by atoms with Crippen LogP contribution in [0.4, 0.5) is 0 Å². The normalized spacial score (nSPS) is 20.1. The average molecular weight is 582 g/mol. The maximum atomic E-state index is 6.32. The fourth-order valence-corrected chi connectivity index (χ4v) is 6.32. The van der Waals surface area contributed by atoms with Crippen LogP contribution in [0.25, 0.3) is 43.8 Å². The van der Waals surface area contributed by atoms with Crippen molar-refractivity contribution in [3.05, 3.63) is 97.1 Å². The van der Waals surface area contributed by atoms with Crippen LogP contribution in [0.5, 0.6) is 0 Å². The monoisotopic (exact) mass is 582 g/mol. The Labute approximate surface area is 262 Å². The lowest BCUT2D eigenvalue weighted by atomic mass is 9.77. The molecule has 0 unspecified atom stereocenters. The van der Waals surface area contributed by atoms with Gasteiger partial charge in [-0.25, -0.2) is 0 Å². The van der Waals surface area contributed by atoms with Crippen molar-refractivity contribution in [3.63, 3.8) is 0 Å². The lowest BCUT2D eigenvalue weighted by Crippen LogP contribution is -2.41. The van der Waals surface area contributed by atoms with Crippen LogP contribution < -0.4 is 10.9 Å². The van der Waals surface area contributed by atoms with Gasteiger partial charge in [0.1, 0.15) is 0 Å². The Bertz CT molecular complexity index is 1650. The van der Waals surface area contributed by atoms with E-state index in [1.54, 1.807) is 0 Å². The molecule has 2 aliphatic heterocycles. The molecule has 222 valence electrons. The maximum Gasteiger partial charge on any atom is 0.494 e. The molecule has 0 N–H and O–H groups in total. The van der Waals surface area contributed by atoms with Crippen molar-refractivity contribution in [2.24, 2.45) is 0 Å². The molecule has 0 amide bonds. The summed E-state index contributed by atoms with van der Waals surface area (Å²) in [4.78, 5) is 0. The average Bonchev–Trinajstić information content (AvgIpc) is 3.35. The zero-order valence-corrected chi connectivity index (χ0v) is 27.0. The predicted octanol–water partition coefficient (Wildman–Crippen LogP) is 7.93. The van der Waals surface area contributed by atoms with E-state index in [0.29, 0.717) is 0 Å². The van der Waals surface area contributed by atoms with Gasteiger partial charge >= 0.3 is 14.2 Å². The minimum absolute atomic E-state index is 0.374. The van der Waals surface area contributed by atoms with Gasteiger partial charge in [-0.2, -0.15) is 0 Å². The number of hydrogen-bond donors (Lipinski definition) is 0. The molecule has 44 heavy (non-hydrogen) atoms. The quantitative estimate of drug-likeness (QED) is 0.159. The van der Waals surface area contributed by atoms with Gasteiger partial charge in [-0.1, -0.05) is 97.1 Å². The van der Waals surface area contributed by atoms with Crippen LogP contribution in [0.3, 0.4) is 0 Å². The van der Waals surface area contributed by atoms with E-state index >= 15 is 0 Å². The van der Waals surface area contributed by atoms with E-state index in [2.05, 4.69) is 152 Å². The molecule has 2 fully saturated rings. The lowest BCUT2D eigenvalue weighted by Gasteiger charge is -2.32. The van der Waals surface area contributed by atoms with Crippen LogP contribution in [0.2, 0.25) is 0 Å². The smallest absolute Gasteiger partial charge is 0.399 e. The Morgan fingerprint density at radius 3 is 0.864 bits per heavy atom. The van der Waals surface area contributed by atoms with Crippen molar-refractivity contribution in [2.75, 3.05) is 0 Å². The summed E-state index contributed by atoms with van der Waals surface area (Å²) >= 11 is 0. The molecule has 2 aliphatic rings. The maximum absolute atomic E-state index is 6.32. The zero-order chi connectivity index (χ0) is 31.1. The molecule has 0 atom stereocenters. The summed E-state index contributed by atoms with van der Waals surface area (Å²) in [6.07, 6.45) is 0. The minimum atomic E-state index is -0.384. The third-order valence-corrected chi connectivity index (χ3v) is 10.4. The van der Waals surface area contributed by atoms with Crippen molar-refractivity contribution >= 4 is 46.7 Å². The van der Waals surface area contributed by atoms with Crippen LogP contribution in [0, 0.1) is 0 Å². The first kappa shape index (κ1) is 29.3. The molecule has 7 rings (SSSR count). The largest absolute Gasteiger partial charge is 0.494 e. The topological polar surface area (TPSA) is 36.9 Å². The molecule has 0 radical (unpaired) electrons. The van der Waals surface area contributed by atoms with Gasteiger partial charge in [0, 0.05) is 0 Å². The summed E-state index contributed by atoms with van der Waals surface area (Å²) in [7, 11) is -0.768. The van der Waals surface area contributed by atoms with Crippen LogP contribution in [-0.4, -0.2) is 36.6 Å². The number of rotatable bonds is 4. The lowest BCUT2D eigenvalue weighted by molar-refractivity contribution is 0.00578. The first-order valence-corrected chi connectivity index (χ1v) is 15.6. The second kappa shape index (κ2) is 10.1. The molecule has 0 saturated carbocycles. The van der Waals surface area contributed by atoms with Crippen molar-refractivity contribution in [2.45, 2.75) is 77.8 Å². The number of fused-ring (bicyclic) bond motifs is 2. The van der Waals surface area contributed by atoms with E-state index in [1.165, 1.54) is 43.8 Å². The van der Waals surface area contributed by atoms with Gasteiger partial charge < -0.3 is 18.6 Å². The molecule has 0 bridgehead atoms. The van der Waals surface area contributed by atoms with E-state index in [-0.39, 0.29) is 36.6 Å². The van der Waals surface area contributed by atoms with E-state index < -0.39 is 0 Å². The van der Waals surface area contributed by atoms with Crippen molar-refractivity contribution in [3.8, 4) is 22.3 Å². The van der Waals surface area contributed by atoms with Gasteiger partial charge in [-0.05, 0) is 110 Å². The van der Waals surface area contributed by atoms with Crippen LogP contribution in [0.15, 0.2) is 97.1 Å². The summed E-state index contributed by atoms with van der Waals surface area (Å²) in [5.74, 6) is 0. The second-order valence-corrected chi connectivity index (χ2v) is 14.3. The van der Waals surface area contributed by atoms with Crippen LogP contribution >= 0.6 is 0 Å². The Morgan fingerprint density at radius 2 is 0.614 bits per heavy atom. The molecule has 2 heterocycles. The molecule has 0 aromatic heterocycles. The van der Waals surface area contributed by atoms with Gasteiger partial charge in [0.05, 0.1) is 22.4 Å². The fraction of sp³-hybridized carbons (Fsp3) is 0.316. The standard InChI is InChI=1S/C38H40B2O4/c1-35(2)36(3,4)42-39(41-35)27-21-17-25(18-22-27)33-29-13-9-11-15-31(29)34(32-16-12-10-14-30(32)33)26-19-23-28(24-20-26)40-43-37(5,6)38(7,8)44-40/h9-24H,1-8H3. The van der Waals surface area contributed by atoms with Crippen molar-refractivity contribution < 1.29 is 18.6 Å². The third kappa shape index (κ3) is 4.62. The van der Waals surface area contributed by atoms with E-state index in [0.717, 1.165) is 10.9 Å². The Hall–Kier alpha value is -3.41. The summed E-state index contributed by atoms with van der Waals surface area (Å²) < 4.78 is 25.3. The van der Waals surface area contributed by atoms with Crippen molar-refractivity contribution in [1.82, 2.24) is 0 Å². The fourth-order valence-electron chi connectivity index (χ4n) is 6.32. The molecule has 5 aromatic rings. The Balaban J connectivity index is 1.31. The molecule has 2 saturated heterocycles. The first-order chi connectivity index (χ1) is 20.8. The van der Waals surface area contributed by atoms with Gasteiger partial charge in [0.2, 0.25) is 0 Å². The highest BCUT2D eigenvalue weighted by atomic mass is 16.7. The van der Waals surface area contributed by atoms with Gasteiger partial charge in [0.25, 0.3) is 0 Å². The summed E-state index contributed by atoms with van der Waals surface area (Å²) in [5.41, 5.74) is 5.35. The zero-order valence-electron chi connectivity index (χ0n) is 27.0. The molecule has 0 aliphatic carbocycles. The van der Waals surface area contributed by atoms with E-state index in [9.17, 15) is 0 Å². The third-order valence-electron chi connectivity index (χ3n) is 10.4. The van der Waals surface area contributed by atoms with Crippen molar-refractivity contribution in [1.29, 1.82) is 0 Å². The number of hydrogen-bond acceptors (Lipinski definition) is 4. The molecular weight excluding hydrogens is 542 g/mol. The number of benzene rings is 5. The minimum Gasteiger partial charge on any atom is -0.399 e. The molecular formula is C38H40B2O4. The SMILES string of the molecule is CC1(C)OB(c2ccc(-c3c4ccccc4c(-c4ccc(B5OC(C)(C)C(C)(C)O5)cc4)c4ccccc34)cc2)OC1(C)C. The summed E-state index contributed by atoms with van der Waals surface area (Å²) in [5, 5.41) is 4.89. The Morgan fingerprint density at radius 1 is 0.364 bits per heavy atom. The molecule has 0 spiro atoms. The Kier molecular flexibility index (Phi) is 6.69. The van der Waals surface area contributed by atoms with Crippen LogP contribution in [-0.2, 0) is 18.6 Å². The van der Waals surface area contributed by atoms with E-state index in [1.807, 2.05) is 0 Å². The van der Waals surface area contributed by atoms with Crippen LogP contribution in [0.1, 0.15) is 55.4 Å². The van der Waals surface area contributed by atoms with Gasteiger partial charge in [-0.15, -0.1) is 0 Å². The first-order valence-electron chi connectivity index (χ1n) is 15.6. The molecule has 4 nitrogen and oxygen atoms in total. The van der Waals surface area contributed by atoms with Gasteiger partial charge in [0.15, 0.2) is 0 Å². The molecule has 5 aromatic carbocycles.